The van der Waals surface area contributed by atoms with Gasteiger partial charge in [-0.25, -0.2) is 0 Å². The molecule has 1 heterocycles. The summed E-state index contributed by atoms with van der Waals surface area (Å²) >= 11 is 0. The third kappa shape index (κ3) is 3.30. The molecular weight excluding hydrogens is 240 g/mol. The lowest BCUT2D eigenvalue weighted by atomic mass is 10.1. The van der Waals surface area contributed by atoms with Crippen molar-refractivity contribution in [1.82, 2.24) is 10.3 Å². The lowest BCUT2D eigenvalue weighted by Gasteiger charge is -2.12. The maximum Gasteiger partial charge on any atom is 0.148 e. The summed E-state index contributed by atoms with van der Waals surface area (Å²) in [6, 6.07) is 9.56. The van der Waals surface area contributed by atoms with Crippen LogP contribution in [0, 0.1) is 13.8 Å². The molecule has 2 N–H and O–H groups in total. The summed E-state index contributed by atoms with van der Waals surface area (Å²) in [7, 11) is 1.67. The minimum atomic E-state index is -0.790. The van der Waals surface area contributed by atoms with Gasteiger partial charge in [0, 0.05) is 12.3 Å². The number of benzene rings is 1. The Morgan fingerprint density at radius 1 is 1.21 bits per heavy atom. The predicted molar refractivity (Wildman–Crippen MR) is 74.2 cm³/mol. The number of ether oxygens (including phenoxy) is 1. The molecule has 0 spiro atoms. The van der Waals surface area contributed by atoms with Gasteiger partial charge in [-0.05, 0) is 44.2 Å². The summed E-state index contributed by atoms with van der Waals surface area (Å²) in [5.74, 6) is 1.48. The highest BCUT2D eigenvalue weighted by Gasteiger charge is 2.08. The van der Waals surface area contributed by atoms with Gasteiger partial charge in [0.05, 0.1) is 5.69 Å². The average molecular weight is 258 g/mol. The Morgan fingerprint density at radius 2 is 2.00 bits per heavy atom. The van der Waals surface area contributed by atoms with Crippen molar-refractivity contribution < 1.29 is 9.84 Å². The number of aryl methyl sites for hydroxylation is 2. The van der Waals surface area contributed by atoms with E-state index in [0.717, 1.165) is 16.9 Å². The highest BCUT2D eigenvalue weighted by molar-refractivity contribution is 5.39. The van der Waals surface area contributed by atoms with Gasteiger partial charge in [-0.1, -0.05) is 12.1 Å². The lowest BCUT2D eigenvalue weighted by Crippen LogP contribution is -2.16. The van der Waals surface area contributed by atoms with Crippen LogP contribution in [-0.4, -0.2) is 17.1 Å². The zero-order chi connectivity index (χ0) is 13.8. The van der Waals surface area contributed by atoms with E-state index in [0.29, 0.717) is 11.4 Å². The van der Waals surface area contributed by atoms with Crippen LogP contribution in [0.2, 0.25) is 0 Å². The molecule has 0 aliphatic heterocycles. The zero-order valence-corrected chi connectivity index (χ0v) is 11.3. The summed E-state index contributed by atoms with van der Waals surface area (Å²) in [6.45, 7) is 4.02. The molecule has 2 aromatic rings. The Kier molecular flexibility index (Phi) is 4.14. The van der Waals surface area contributed by atoms with Gasteiger partial charge in [0.25, 0.3) is 0 Å². The Labute approximate surface area is 113 Å². The molecule has 1 aromatic heterocycles. The molecule has 0 radical (unpaired) electrons. The van der Waals surface area contributed by atoms with Crippen molar-refractivity contribution in [3.05, 3.63) is 53.3 Å². The first-order valence-electron chi connectivity index (χ1n) is 6.16. The number of aliphatic hydroxyl groups excluding tert-OH is 1. The number of hydrogen-bond acceptors (Lipinski definition) is 4. The molecule has 19 heavy (non-hydrogen) atoms. The van der Waals surface area contributed by atoms with E-state index in [9.17, 15) is 5.11 Å². The molecule has 1 aromatic carbocycles. The highest BCUT2D eigenvalue weighted by Crippen LogP contribution is 2.26. The monoisotopic (exact) mass is 258 g/mol. The third-order valence-corrected chi connectivity index (χ3v) is 2.88. The van der Waals surface area contributed by atoms with Crippen molar-refractivity contribution in [1.29, 1.82) is 0 Å². The second-order valence-corrected chi connectivity index (χ2v) is 4.48. The molecule has 0 bridgehead atoms. The van der Waals surface area contributed by atoms with E-state index in [1.165, 1.54) is 0 Å². The minimum Gasteiger partial charge on any atom is -0.457 e. The fourth-order valence-electron chi connectivity index (χ4n) is 1.73. The standard InChI is InChI=1S/C15H18N2O2/c1-10-4-5-11(2)14(8-10)19-12-6-7-17-13(9-12)15(18)16-3/h4-9,15-16,18H,1-3H3. The van der Waals surface area contributed by atoms with Crippen LogP contribution < -0.4 is 10.1 Å². The molecule has 1 unspecified atom stereocenters. The SMILES string of the molecule is CNC(O)c1cc(Oc2cc(C)ccc2C)ccn1. The molecule has 0 saturated carbocycles. The van der Waals surface area contributed by atoms with Gasteiger partial charge in [-0.15, -0.1) is 0 Å². The third-order valence-electron chi connectivity index (χ3n) is 2.88. The van der Waals surface area contributed by atoms with Gasteiger partial charge < -0.3 is 9.84 Å². The molecular formula is C15H18N2O2. The molecule has 2 rings (SSSR count). The van der Waals surface area contributed by atoms with Gasteiger partial charge in [0.1, 0.15) is 17.7 Å². The van der Waals surface area contributed by atoms with E-state index >= 15 is 0 Å². The molecule has 0 saturated heterocycles. The van der Waals surface area contributed by atoms with Crippen molar-refractivity contribution in [3.63, 3.8) is 0 Å². The first-order valence-corrected chi connectivity index (χ1v) is 6.16. The average Bonchev–Trinajstić information content (AvgIpc) is 2.42. The summed E-state index contributed by atoms with van der Waals surface area (Å²) in [4.78, 5) is 4.10. The normalized spacial score (nSPS) is 12.2. The molecule has 1 atom stereocenters. The molecule has 0 aliphatic carbocycles. The van der Waals surface area contributed by atoms with Gasteiger partial charge in [0.15, 0.2) is 0 Å². The van der Waals surface area contributed by atoms with E-state index in [-0.39, 0.29) is 0 Å². The quantitative estimate of drug-likeness (QED) is 0.828. The van der Waals surface area contributed by atoms with E-state index in [1.807, 2.05) is 32.0 Å². The Morgan fingerprint density at radius 3 is 2.74 bits per heavy atom. The number of aliphatic hydroxyl groups is 1. The number of hydrogen-bond donors (Lipinski definition) is 2. The van der Waals surface area contributed by atoms with E-state index in [2.05, 4.69) is 10.3 Å². The van der Waals surface area contributed by atoms with Crippen LogP contribution in [0.5, 0.6) is 11.5 Å². The van der Waals surface area contributed by atoms with Crippen molar-refractivity contribution in [3.8, 4) is 11.5 Å². The number of pyridine rings is 1. The maximum absolute atomic E-state index is 9.69. The van der Waals surface area contributed by atoms with Gasteiger partial charge in [-0.2, -0.15) is 0 Å². The molecule has 100 valence electrons. The van der Waals surface area contributed by atoms with Crippen LogP contribution >= 0.6 is 0 Å². The lowest BCUT2D eigenvalue weighted by molar-refractivity contribution is 0.144. The first-order chi connectivity index (χ1) is 9.10. The maximum atomic E-state index is 9.69. The number of aromatic nitrogens is 1. The van der Waals surface area contributed by atoms with Crippen LogP contribution in [0.4, 0.5) is 0 Å². The fraction of sp³-hybridized carbons (Fsp3) is 0.267. The van der Waals surface area contributed by atoms with Crippen LogP contribution in [0.15, 0.2) is 36.5 Å². The molecule has 0 fully saturated rings. The number of rotatable bonds is 4. The molecule has 4 nitrogen and oxygen atoms in total. The Bertz CT molecular complexity index is 570. The summed E-state index contributed by atoms with van der Waals surface area (Å²) in [5, 5.41) is 12.4. The van der Waals surface area contributed by atoms with Crippen LogP contribution in [0.3, 0.4) is 0 Å². The van der Waals surface area contributed by atoms with Crippen molar-refractivity contribution in [2.45, 2.75) is 20.1 Å². The van der Waals surface area contributed by atoms with Crippen molar-refractivity contribution >= 4 is 0 Å². The van der Waals surface area contributed by atoms with Gasteiger partial charge in [-0.3, -0.25) is 10.3 Å². The van der Waals surface area contributed by atoms with E-state index < -0.39 is 6.23 Å². The van der Waals surface area contributed by atoms with Crippen LogP contribution in [0.1, 0.15) is 23.0 Å². The zero-order valence-electron chi connectivity index (χ0n) is 11.3. The van der Waals surface area contributed by atoms with E-state index in [4.69, 9.17) is 4.74 Å². The van der Waals surface area contributed by atoms with Crippen LogP contribution in [-0.2, 0) is 0 Å². The van der Waals surface area contributed by atoms with Crippen molar-refractivity contribution in [2.75, 3.05) is 7.05 Å². The fourth-order valence-corrected chi connectivity index (χ4v) is 1.73. The van der Waals surface area contributed by atoms with Gasteiger partial charge >= 0.3 is 0 Å². The summed E-state index contributed by atoms with van der Waals surface area (Å²) in [6.07, 6.45) is 0.832. The second-order valence-electron chi connectivity index (χ2n) is 4.48. The van der Waals surface area contributed by atoms with Crippen molar-refractivity contribution in [2.24, 2.45) is 0 Å². The molecule has 0 amide bonds. The minimum absolute atomic E-state index is 0.533. The largest absolute Gasteiger partial charge is 0.457 e. The smallest absolute Gasteiger partial charge is 0.148 e. The number of nitrogens with one attached hydrogen (secondary N) is 1. The Hall–Kier alpha value is -1.91. The summed E-state index contributed by atoms with van der Waals surface area (Å²) in [5.41, 5.74) is 2.74. The second kappa shape index (κ2) is 5.82. The summed E-state index contributed by atoms with van der Waals surface area (Å²) < 4.78 is 5.85. The molecule has 4 heteroatoms. The van der Waals surface area contributed by atoms with Gasteiger partial charge in [0.2, 0.25) is 0 Å². The van der Waals surface area contributed by atoms with E-state index in [1.54, 1.807) is 25.4 Å². The number of nitrogens with zero attached hydrogens (tertiary/aromatic N) is 1. The molecule has 0 aliphatic rings. The first kappa shape index (κ1) is 13.5. The topological polar surface area (TPSA) is 54.4 Å². The highest BCUT2D eigenvalue weighted by atomic mass is 16.5. The van der Waals surface area contributed by atoms with Crippen LogP contribution in [0.25, 0.3) is 0 Å². The predicted octanol–water partition coefficient (Wildman–Crippen LogP) is 2.70. The Balaban J connectivity index is 2.26.